The number of rotatable bonds is 7. The Kier molecular flexibility index (Phi) is 7.62. The number of hydrogen-bond donors (Lipinski definition) is 1. The first-order chi connectivity index (χ1) is 19.7. The van der Waals surface area contributed by atoms with Crippen molar-refractivity contribution in [3.63, 3.8) is 0 Å². The minimum Gasteiger partial charge on any atom is -0.352 e. The van der Waals surface area contributed by atoms with Gasteiger partial charge in [-0.2, -0.15) is 0 Å². The predicted molar refractivity (Wildman–Crippen MR) is 162 cm³/mol. The maximum atomic E-state index is 14.7. The van der Waals surface area contributed by atoms with E-state index in [1.54, 1.807) is 24.3 Å². The average Bonchev–Trinajstić information content (AvgIpc) is 3.35. The van der Waals surface area contributed by atoms with Crippen LogP contribution in [0.2, 0.25) is 0 Å². The molecule has 0 amide bonds. The quantitative estimate of drug-likeness (QED) is 0.231. The van der Waals surface area contributed by atoms with Crippen LogP contribution in [0.1, 0.15) is 11.1 Å². The average molecular weight is 677 g/mol. The molecule has 2 heterocycles. The van der Waals surface area contributed by atoms with Crippen LogP contribution in [-0.2, 0) is 32.7 Å². The molecule has 5 rings (SSSR count). The molecule has 1 N–H and O–H groups in total. The number of aromatic nitrogens is 2. The topological polar surface area (TPSA) is 107 Å². The minimum absolute atomic E-state index is 0.00917. The Morgan fingerprint density at radius 2 is 1.62 bits per heavy atom. The molecule has 218 valence electrons. The normalized spacial score (nSPS) is 12.1. The monoisotopic (exact) mass is 675 g/mol. The maximum absolute atomic E-state index is 14.7. The van der Waals surface area contributed by atoms with Gasteiger partial charge in [-0.15, -0.1) is 0 Å². The van der Waals surface area contributed by atoms with E-state index in [4.69, 9.17) is 0 Å². The fourth-order valence-corrected chi connectivity index (χ4v) is 7.41. The maximum Gasteiger partial charge on any atom is 0.275 e. The van der Waals surface area contributed by atoms with Crippen LogP contribution in [0.15, 0.2) is 87.2 Å². The van der Waals surface area contributed by atoms with E-state index in [2.05, 4.69) is 21.2 Å². The number of benzene rings is 3. The molecule has 0 spiro atoms. The third-order valence-electron chi connectivity index (χ3n) is 6.63. The summed E-state index contributed by atoms with van der Waals surface area (Å²) in [5.41, 5.74) is 1.48. The number of nitrogens with one attached hydrogen (secondary N) is 1. The number of pyridine rings is 1. The van der Waals surface area contributed by atoms with Gasteiger partial charge >= 0.3 is 0 Å². The highest BCUT2D eigenvalue weighted by Crippen LogP contribution is 2.41. The van der Waals surface area contributed by atoms with E-state index in [9.17, 15) is 30.4 Å². The van der Waals surface area contributed by atoms with Crippen LogP contribution in [-0.4, -0.2) is 31.6 Å². The van der Waals surface area contributed by atoms with Crippen molar-refractivity contribution in [1.82, 2.24) is 8.54 Å². The third kappa shape index (κ3) is 5.63. The van der Waals surface area contributed by atoms with E-state index < -0.39 is 37.1 Å². The zero-order valence-corrected chi connectivity index (χ0v) is 25.7. The summed E-state index contributed by atoms with van der Waals surface area (Å²) in [5.74, 6) is -1.95. The number of nitrogens with zero attached hydrogens (tertiary/aromatic N) is 2. The number of anilines is 2. The first-order valence-electron chi connectivity index (χ1n) is 12.4. The summed E-state index contributed by atoms with van der Waals surface area (Å²) in [6.07, 6.45) is 3.86. The Morgan fingerprint density at radius 1 is 0.929 bits per heavy atom. The highest BCUT2D eigenvalue weighted by atomic mass is 79.9. The van der Waals surface area contributed by atoms with Crippen LogP contribution in [0.3, 0.4) is 0 Å². The molecule has 0 radical (unpaired) electrons. The Labute approximate surface area is 249 Å². The Bertz CT molecular complexity index is 2160. The summed E-state index contributed by atoms with van der Waals surface area (Å²) in [6, 6.07) is 13.8. The molecular weight excluding hydrogens is 652 g/mol. The van der Waals surface area contributed by atoms with Crippen molar-refractivity contribution in [3.8, 4) is 11.1 Å². The highest BCUT2D eigenvalue weighted by Gasteiger charge is 2.25. The van der Waals surface area contributed by atoms with Gasteiger partial charge in [0.25, 0.3) is 15.6 Å². The smallest absolute Gasteiger partial charge is 0.275 e. The lowest BCUT2D eigenvalue weighted by Crippen LogP contribution is -2.22. The summed E-state index contributed by atoms with van der Waals surface area (Å²) in [6.45, 7) is 1.82. The van der Waals surface area contributed by atoms with Gasteiger partial charge in [0.05, 0.1) is 22.0 Å². The van der Waals surface area contributed by atoms with Gasteiger partial charge < -0.3 is 9.88 Å². The van der Waals surface area contributed by atoms with E-state index in [0.29, 0.717) is 27.2 Å². The van der Waals surface area contributed by atoms with Crippen LogP contribution < -0.4 is 10.9 Å². The predicted octanol–water partition coefficient (Wildman–Crippen LogP) is 5.88. The molecule has 13 heteroatoms. The van der Waals surface area contributed by atoms with Crippen molar-refractivity contribution < 1.29 is 25.6 Å². The van der Waals surface area contributed by atoms with Crippen molar-refractivity contribution in [2.24, 2.45) is 7.05 Å². The number of halogens is 3. The van der Waals surface area contributed by atoms with Gasteiger partial charge in [-0.25, -0.2) is 29.6 Å². The molecule has 3 aromatic carbocycles. The van der Waals surface area contributed by atoms with Crippen LogP contribution in [0, 0.1) is 18.6 Å². The summed E-state index contributed by atoms with van der Waals surface area (Å²) < 4.78 is 82.4. The molecule has 0 aliphatic carbocycles. The molecule has 0 saturated heterocycles. The molecule has 42 heavy (non-hydrogen) atoms. The molecule has 0 unspecified atom stereocenters. The van der Waals surface area contributed by atoms with Crippen LogP contribution in [0.25, 0.3) is 22.0 Å². The molecule has 0 aliphatic rings. The van der Waals surface area contributed by atoms with Crippen LogP contribution >= 0.6 is 15.9 Å². The fraction of sp³-hybridized carbons (Fsp3) is 0.138. The number of fused-ring (bicyclic) bond motifs is 1. The minimum atomic E-state index is -4.17. The van der Waals surface area contributed by atoms with Gasteiger partial charge in [0.1, 0.15) is 17.2 Å². The second-order valence-corrected chi connectivity index (χ2v) is 14.8. The lowest BCUT2D eigenvalue weighted by atomic mass is 9.99. The standard InChI is InChI=1S/C29H24BrF2N3O5S2/c1-17-4-7-20(8-5-17)42(39,40)35-11-10-21-23(15-34(2)29(36)28(21)35)22-12-18(16-41(3,37)38)13-24(30)27(22)33-26-9-6-19(31)14-25(26)32/h4-15,33H,16H2,1-3H3. The van der Waals surface area contributed by atoms with E-state index in [1.165, 1.54) is 48.3 Å². The fourth-order valence-electron chi connectivity index (χ4n) is 4.68. The highest BCUT2D eigenvalue weighted by molar-refractivity contribution is 9.10. The van der Waals surface area contributed by atoms with Crippen molar-refractivity contribution in [2.45, 2.75) is 17.6 Å². The lowest BCUT2D eigenvalue weighted by Gasteiger charge is -2.18. The Morgan fingerprint density at radius 3 is 2.26 bits per heavy atom. The number of sulfone groups is 1. The van der Waals surface area contributed by atoms with E-state index in [1.807, 2.05) is 6.92 Å². The first-order valence-corrected chi connectivity index (χ1v) is 16.7. The molecule has 2 aromatic heterocycles. The van der Waals surface area contributed by atoms with E-state index >= 15 is 0 Å². The second-order valence-electron chi connectivity index (χ2n) is 9.97. The molecular formula is C29H24BrF2N3O5S2. The number of hydrogen-bond acceptors (Lipinski definition) is 6. The summed E-state index contributed by atoms with van der Waals surface area (Å²) in [7, 11) is -6.17. The van der Waals surface area contributed by atoms with Crippen molar-refractivity contribution in [2.75, 3.05) is 11.6 Å². The Hall–Kier alpha value is -3.81. The third-order valence-corrected chi connectivity index (χ3v) is 9.80. The molecule has 0 atom stereocenters. The van der Waals surface area contributed by atoms with Gasteiger partial charge in [0, 0.05) is 52.7 Å². The van der Waals surface area contributed by atoms with Gasteiger partial charge in [0.15, 0.2) is 9.84 Å². The largest absolute Gasteiger partial charge is 0.352 e. The molecule has 8 nitrogen and oxygen atoms in total. The molecule has 0 bridgehead atoms. The zero-order valence-electron chi connectivity index (χ0n) is 22.5. The van der Waals surface area contributed by atoms with E-state index in [-0.39, 0.29) is 32.9 Å². The second kappa shape index (κ2) is 10.8. The molecule has 0 fully saturated rings. The Balaban J connectivity index is 1.80. The van der Waals surface area contributed by atoms with Crippen molar-refractivity contribution >= 4 is 58.1 Å². The summed E-state index contributed by atoms with van der Waals surface area (Å²) in [5, 5.41) is 3.21. The van der Waals surface area contributed by atoms with Gasteiger partial charge in [-0.05, 0) is 70.9 Å². The zero-order chi connectivity index (χ0) is 30.6. The summed E-state index contributed by atoms with van der Waals surface area (Å²) in [4.78, 5) is 13.4. The van der Waals surface area contributed by atoms with Crippen LogP contribution in [0.5, 0.6) is 0 Å². The first kappa shape index (κ1) is 29.7. The van der Waals surface area contributed by atoms with Gasteiger partial charge in [0.2, 0.25) is 0 Å². The molecule has 0 aliphatic heterocycles. The number of aryl methyl sites for hydroxylation is 2. The lowest BCUT2D eigenvalue weighted by molar-refractivity contribution is 0.585. The molecule has 0 saturated carbocycles. The van der Waals surface area contributed by atoms with E-state index in [0.717, 1.165) is 21.9 Å². The van der Waals surface area contributed by atoms with Gasteiger partial charge in [-0.3, -0.25) is 4.79 Å². The van der Waals surface area contributed by atoms with Crippen LogP contribution in [0.4, 0.5) is 20.2 Å². The van der Waals surface area contributed by atoms with Crippen molar-refractivity contribution in [3.05, 3.63) is 111 Å². The molecule has 5 aromatic rings. The van der Waals surface area contributed by atoms with Gasteiger partial charge in [-0.1, -0.05) is 17.7 Å². The van der Waals surface area contributed by atoms with Crippen molar-refractivity contribution in [1.29, 1.82) is 0 Å². The SMILES string of the molecule is Cc1ccc(S(=O)(=O)n2ccc3c(-c4cc(CS(C)(=O)=O)cc(Br)c4Nc4ccc(F)cc4F)cn(C)c(=O)c32)cc1. The summed E-state index contributed by atoms with van der Waals surface area (Å²) >= 11 is 3.45.